The van der Waals surface area contributed by atoms with Crippen LogP contribution >= 0.6 is 0 Å². The number of carboxylic acids is 1. The Balaban J connectivity index is 2.14. The zero-order valence-electron chi connectivity index (χ0n) is 12.3. The molecule has 1 amide bonds. The minimum absolute atomic E-state index is 0.110. The molecule has 1 aromatic rings. The van der Waals surface area contributed by atoms with Gasteiger partial charge in [0.15, 0.2) is 0 Å². The van der Waals surface area contributed by atoms with E-state index in [1.807, 2.05) is 31.2 Å². The van der Waals surface area contributed by atoms with Crippen molar-refractivity contribution in [3.63, 3.8) is 0 Å². The molecule has 1 unspecified atom stereocenters. The summed E-state index contributed by atoms with van der Waals surface area (Å²) >= 11 is 0. The maximum atomic E-state index is 12.6. The van der Waals surface area contributed by atoms with Crippen LogP contribution in [0.4, 0.5) is 0 Å². The molecular formula is C16H20N2O3. The number of aliphatic carboxylic acids is 1. The second-order valence-corrected chi connectivity index (χ2v) is 5.40. The summed E-state index contributed by atoms with van der Waals surface area (Å²) in [5.74, 6) is -2.13. The summed E-state index contributed by atoms with van der Waals surface area (Å²) in [7, 11) is 1.73. The molecule has 0 aliphatic heterocycles. The first-order valence-corrected chi connectivity index (χ1v) is 7.06. The van der Waals surface area contributed by atoms with Crippen LogP contribution in [0, 0.1) is 11.8 Å². The molecule has 2 rings (SSSR count). The van der Waals surface area contributed by atoms with Crippen molar-refractivity contribution in [1.29, 1.82) is 0 Å². The van der Waals surface area contributed by atoms with E-state index in [1.54, 1.807) is 24.3 Å². The number of rotatable bonds is 4. The molecule has 1 heterocycles. The summed E-state index contributed by atoms with van der Waals surface area (Å²) in [4.78, 5) is 29.6. The molecule has 1 aromatic heterocycles. The lowest BCUT2D eigenvalue weighted by molar-refractivity contribution is -0.150. The highest BCUT2D eigenvalue weighted by Crippen LogP contribution is 2.30. The van der Waals surface area contributed by atoms with Gasteiger partial charge in [0.2, 0.25) is 5.91 Å². The highest BCUT2D eigenvalue weighted by atomic mass is 16.4. The van der Waals surface area contributed by atoms with Crippen LogP contribution in [0.15, 0.2) is 36.7 Å². The maximum absolute atomic E-state index is 12.6. The van der Waals surface area contributed by atoms with Crippen molar-refractivity contribution in [2.24, 2.45) is 11.8 Å². The monoisotopic (exact) mass is 288 g/mol. The van der Waals surface area contributed by atoms with E-state index in [-0.39, 0.29) is 11.9 Å². The number of pyridine rings is 1. The Kier molecular flexibility index (Phi) is 4.73. The van der Waals surface area contributed by atoms with Crippen LogP contribution in [0.5, 0.6) is 0 Å². The SMILES string of the molecule is CC(c1ccncc1)N(C)C(=O)[C@@H]1CC=CC[C@@H]1C(=O)O. The van der Waals surface area contributed by atoms with E-state index in [0.717, 1.165) is 5.56 Å². The molecule has 112 valence electrons. The fourth-order valence-electron chi connectivity index (χ4n) is 2.68. The quantitative estimate of drug-likeness (QED) is 0.863. The van der Waals surface area contributed by atoms with Gasteiger partial charge in [-0.15, -0.1) is 0 Å². The van der Waals surface area contributed by atoms with E-state index >= 15 is 0 Å². The number of hydrogen-bond donors (Lipinski definition) is 1. The van der Waals surface area contributed by atoms with Gasteiger partial charge >= 0.3 is 5.97 Å². The molecule has 5 heteroatoms. The number of aromatic nitrogens is 1. The second kappa shape index (κ2) is 6.52. The van der Waals surface area contributed by atoms with Crippen molar-refractivity contribution in [2.45, 2.75) is 25.8 Å². The number of amides is 1. The average Bonchev–Trinajstić information content (AvgIpc) is 2.53. The van der Waals surface area contributed by atoms with E-state index in [2.05, 4.69) is 4.98 Å². The molecular weight excluding hydrogens is 268 g/mol. The topological polar surface area (TPSA) is 70.5 Å². The Morgan fingerprint density at radius 3 is 2.38 bits per heavy atom. The van der Waals surface area contributed by atoms with Crippen LogP contribution < -0.4 is 0 Å². The van der Waals surface area contributed by atoms with E-state index in [1.165, 1.54) is 0 Å². The van der Waals surface area contributed by atoms with Gasteiger partial charge in [-0.05, 0) is 37.5 Å². The lowest BCUT2D eigenvalue weighted by Crippen LogP contribution is -2.41. The first-order chi connectivity index (χ1) is 10.0. The Labute approximate surface area is 124 Å². The molecule has 0 fully saturated rings. The molecule has 0 bridgehead atoms. The van der Waals surface area contributed by atoms with E-state index in [4.69, 9.17) is 0 Å². The number of carbonyl (C=O) groups excluding carboxylic acids is 1. The molecule has 5 nitrogen and oxygen atoms in total. The fourth-order valence-corrected chi connectivity index (χ4v) is 2.68. The van der Waals surface area contributed by atoms with Gasteiger partial charge in [0.1, 0.15) is 0 Å². The first-order valence-electron chi connectivity index (χ1n) is 7.06. The summed E-state index contributed by atoms with van der Waals surface area (Å²) in [6, 6.07) is 3.62. The molecule has 1 aliphatic carbocycles. The second-order valence-electron chi connectivity index (χ2n) is 5.40. The minimum Gasteiger partial charge on any atom is -0.481 e. The number of carbonyl (C=O) groups is 2. The number of hydrogen-bond acceptors (Lipinski definition) is 3. The summed E-state index contributed by atoms with van der Waals surface area (Å²) in [5, 5.41) is 9.28. The standard InChI is InChI=1S/C16H20N2O3/c1-11(12-7-9-17-10-8-12)18(2)15(19)13-5-3-4-6-14(13)16(20)21/h3-4,7-11,13-14H,5-6H2,1-2H3,(H,20,21)/t11?,13-,14+/m1/s1. The van der Waals surface area contributed by atoms with Crippen molar-refractivity contribution in [3.8, 4) is 0 Å². The van der Waals surface area contributed by atoms with Gasteiger partial charge < -0.3 is 10.0 Å². The predicted molar refractivity (Wildman–Crippen MR) is 78.4 cm³/mol. The summed E-state index contributed by atoms with van der Waals surface area (Å²) in [5.41, 5.74) is 0.985. The fraction of sp³-hybridized carbons (Fsp3) is 0.438. The third-order valence-electron chi connectivity index (χ3n) is 4.18. The van der Waals surface area contributed by atoms with Gasteiger partial charge in [0, 0.05) is 19.4 Å². The third kappa shape index (κ3) is 3.29. The molecule has 0 aromatic carbocycles. The first kappa shape index (κ1) is 15.2. The van der Waals surface area contributed by atoms with Crippen LogP contribution in [0.25, 0.3) is 0 Å². The summed E-state index contributed by atoms with van der Waals surface area (Å²) in [6.45, 7) is 1.93. The molecule has 0 saturated carbocycles. The molecule has 0 saturated heterocycles. The zero-order chi connectivity index (χ0) is 15.4. The van der Waals surface area contributed by atoms with Gasteiger partial charge in [-0.3, -0.25) is 14.6 Å². The van der Waals surface area contributed by atoms with Crippen LogP contribution in [0.2, 0.25) is 0 Å². The van der Waals surface area contributed by atoms with Crippen LogP contribution in [0.1, 0.15) is 31.4 Å². The van der Waals surface area contributed by atoms with Crippen LogP contribution in [-0.2, 0) is 9.59 Å². The normalized spacial score (nSPS) is 22.6. The molecule has 3 atom stereocenters. The predicted octanol–water partition coefficient (Wildman–Crippen LogP) is 2.27. The van der Waals surface area contributed by atoms with Crippen molar-refractivity contribution < 1.29 is 14.7 Å². The molecule has 1 N–H and O–H groups in total. The lowest BCUT2D eigenvalue weighted by Gasteiger charge is -2.32. The van der Waals surface area contributed by atoms with Crippen molar-refractivity contribution in [3.05, 3.63) is 42.2 Å². The number of carboxylic acid groups (broad SMARTS) is 1. The Hall–Kier alpha value is -2.17. The average molecular weight is 288 g/mol. The van der Waals surface area contributed by atoms with E-state index in [0.29, 0.717) is 12.8 Å². The van der Waals surface area contributed by atoms with Crippen molar-refractivity contribution >= 4 is 11.9 Å². The lowest BCUT2D eigenvalue weighted by atomic mass is 9.82. The molecule has 1 aliphatic rings. The number of nitrogens with zero attached hydrogens (tertiary/aromatic N) is 2. The van der Waals surface area contributed by atoms with Crippen LogP contribution in [0.3, 0.4) is 0 Å². The van der Waals surface area contributed by atoms with Crippen molar-refractivity contribution in [1.82, 2.24) is 9.88 Å². The number of allylic oxidation sites excluding steroid dienone is 2. The van der Waals surface area contributed by atoms with Gasteiger partial charge in [0.05, 0.1) is 17.9 Å². The Morgan fingerprint density at radius 1 is 1.24 bits per heavy atom. The minimum atomic E-state index is -0.900. The van der Waals surface area contributed by atoms with Gasteiger partial charge in [0.25, 0.3) is 0 Å². The summed E-state index contributed by atoms with van der Waals surface area (Å²) in [6.07, 6.45) is 8.02. The van der Waals surface area contributed by atoms with E-state index in [9.17, 15) is 14.7 Å². The van der Waals surface area contributed by atoms with Crippen LogP contribution in [-0.4, -0.2) is 33.9 Å². The van der Waals surface area contributed by atoms with Gasteiger partial charge in [-0.2, -0.15) is 0 Å². The molecule has 0 spiro atoms. The Bertz CT molecular complexity index is 542. The highest BCUT2D eigenvalue weighted by Gasteiger charge is 2.36. The third-order valence-corrected chi connectivity index (χ3v) is 4.18. The van der Waals surface area contributed by atoms with Gasteiger partial charge in [-0.25, -0.2) is 0 Å². The zero-order valence-corrected chi connectivity index (χ0v) is 12.3. The molecule has 0 radical (unpaired) electrons. The smallest absolute Gasteiger partial charge is 0.307 e. The van der Waals surface area contributed by atoms with E-state index < -0.39 is 17.8 Å². The van der Waals surface area contributed by atoms with Crippen molar-refractivity contribution in [2.75, 3.05) is 7.05 Å². The highest BCUT2D eigenvalue weighted by molar-refractivity contribution is 5.85. The Morgan fingerprint density at radius 2 is 1.81 bits per heavy atom. The maximum Gasteiger partial charge on any atom is 0.307 e. The van der Waals surface area contributed by atoms with Gasteiger partial charge in [-0.1, -0.05) is 12.2 Å². The molecule has 21 heavy (non-hydrogen) atoms. The largest absolute Gasteiger partial charge is 0.481 e. The summed E-state index contributed by atoms with van der Waals surface area (Å²) < 4.78 is 0.